The number of piperidine rings is 1. The van der Waals surface area contributed by atoms with Gasteiger partial charge in [-0.1, -0.05) is 0 Å². The monoisotopic (exact) mass is 258 g/mol. The third-order valence-corrected chi connectivity index (χ3v) is 3.22. The summed E-state index contributed by atoms with van der Waals surface area (Å²) in [4.78, 5) is 14.1. The van der Waals surface area contributed by atoms with Crippen LogP contribution in [0.25, 0.3) is 0 Å². The zero-order chi connectivity index (χ0) is 11.5. The van der Waals surface area contributed by atoms with Crippen LogP contribution in [-0.2, 0) is 0 Å². The highest BCUT2D eigenvalue weighted by Crippen LogP contribution is 2.20. The van der Waals surface area contributed by atoms with Gasteiger partial charge < -0.3 is 15.1 Å². The van der Waals surface area contributed by atoms with E-state index in [0.717, 1.165) is 31.4 Å². The number of halogens is 1. The van der Waals surface area contributed by atoms with Gasteiger partial charge in [-0.25, -0.2) is 0 Å². The van der Waals surface area contributed by atoms with Crippen molar-refractivity contribution in [2.45, 2.75) is 32.2 Å². The van der Waals surface area contributed by atoms with Crippen molar-refractivity contribution in [2.24, 2.45) is 5.73 Å². The molecular formula is C12H19ClN2O2. The maximum atomic E-state index is 12.2. The molecule has 1 aromatic heterocycles. The molecule has 1 saturated heterocycles. The van der Waals surface area contributed by atoms with Crippen LogP contribution in [0.4, 0.5) is 0 Å². The molecule has 96 valence electrons. The van der Waals surface area contributed by atoms with Crippen molar-refractivity contribution in [2.75, 3.05) is 13.1 Å². The Labute approximate surface area is 108 Å². The molecule has 2 rings (SSSR count). The van der Waals surface area contributed by atoms with Crippen LogP contribution in [0.3, 0.4) is 0 Å². The molecule has 4 nitrogen and oxygen atoms in total. The van der Waals surface area contributed by atoms with Crippen LogP contribution in [0.5, 0.6) is 0 Å². The highest BCUT2D eigenvalue weighted by atomic mass is 35.5. The van der Waals surface area contributed by atoms with Crippen LogP contribution in [0.15, 0.2) is 16.7 Å². The molecule has 1 atom stereocenters. The molecule has 1 aliphatic heterocycles. The predicted molar refractivity (Wildman–Crippen MR) is 68.4 cm³/mol. The standard InChI is InChI=1S/C12H18N2O2.ClH/c1-9-5-7-16-11(9)12(15)14-6-3-2-4-10(14)8-13;/h5,7,10H,2-4,6,8,13H2,1H3;1H. The predicted octanol–water partition coefficient (Wildman–Crippen LogP) is 1.96. The van der Waals surface area contributed by atoms with Gasteiger partial charge in [0.2, 0.25) is 0 Å². The minimum Gasteiger partial charge on any atom is -0.459 e. The first-order chi connectivity index (χ1) is 7.74. The van der Waals surface area contributed by atoms with Crippen molar-refractivity contribution < 1.29 is 9.21 Å². The number of aryl methyl sites for hydroxylation is 1. The fourth-order valence-electron chi connectivity index (χ4n) is 2.24. The van der Waals surface area contributed by atoms with Crippen molar-refractivity contribution >= 4 is 18.3 Å². The number of nitrogens with zero attached hydrogens (tertiary/aromatic N) is 1. The lowest BCUT2D eigenvalue weighted by Crippen LogP contribution is -2.47. The van der Waals surface area contributed by atoms with E-state index in [0.29, 0.717) is 12.3 Å². The average Bonchev–Trinajstić information content (AvgIpc) is 2.74. The SMILES string of the molecule is Cc1ccoc1C(=O)N1CCCCC1CN.Cl. The van der Waals surface area contributed by atoms with E-state index in [1.54, 1.807) is 6.26 Å². The lowest BCUT2D eigenvalue weighted by Gasteiger charge is -2.34. The van der Waals surface area contributed by atoms with Gasteiger partial charge in [0.15, 0.2) is 5.76 Å². The smallest absolute Gasteiger partial charge is 0.290 e. The van der Waals surface area contributed by atoms with Crippen LogP contribution in [-0.4, -0.2) is 29.9 Å². The van der Waals surface area contributed by atoms with Crippen LogP contribution >= 0.6 is 12.4 Å². The van der Waals surface area contributed by atoms with Crippen molar-refractivity contribution in [3.63, 3.8) is 0 Å². The van der Waals surface area contributed by atoms with Gasteiger partial charge in [0, 0.05) is 24.7 Å². The molecule has 1 amide bonds. The number of carbonyl (C=O) groups is 1. The third kappa shape index (κ3) is 2.82. The minimum absolute atomic E-state index is 0. The largest absolute Gasteiger partial charge is 0.459 e. The molecule has 0 radical (unpaired) electrons. The number of nitrogens with two attached hydrogens (primary N) is 1. The van der Waals surface area contributed by atoms with E-state index < -0.39 is 0 Å². The highest BCUT2D eigenvalue weighted by Gasteiger charge is 2.28. The molecule has 1 aromatic rings. The summed E-state index contributed by atoms with van der Waals surface area (Å²) in [6.45, 7) is 3.21. The van der Waals surface area contributed by atoms with Gasteiger partial charge >= 0.3 is 0 Å². The van der Waals surface area contributed by atoms with Gasteiger partial charge in [-0.05, 0) is 32.3 Å². The molecule has 1 fully saturated rings. The number of carbonyl (C=O) groups excluding carboxylic acids is 1. The Bertz CT molecular complexity index is 378. The van der Waals surface area contributed by atoms with Crippen molar-refractivity contribution in [3.8, 4) is 0 Å². The molecule has 1 unspecified atom stereocenters. The lowest BCUT2D eigenvalue weighted by atomic mass is 10.0. The zero-order valence-corrected chi connectivity index (χ0v) is 10.8. The summed E-state index contributed by atoms with van der Waals surface area (Å²) >= 11 is 0. The number of rotatable bonds is 2. The average molecular weight is 259 g/mol. The Morgan fingerprint density at radius 3 is 2.94 bits per heavy atom. The van der Waals surface area contributed by atoms with E-state index in [2.05, 4.69) is 0 Å². The van der Waals surface area contributed by atoms with E-state index in [-0.39, 0.29) is 24.4 Å². The maximum Gasteiger partial charge on any atom is 0.290 e. The molecule has 0 aliphatic carbocycles. The Kier molecular flexibility index (Phi) is 5.02. The van der Waals surface area contributed by atoms with E-state index in [1.807, 2.05) is 17.9 Å². The summed E-state index contributed by atoms with van der Waals surface area (Å²) in [5, 5.41) is 0. The van der Waals surface area contributed by atoms with E-state index >= 15 is 0 Å². The Morgan fingerprint density at radius 2 is 2.35 bits per heavy atom. The fraction of sp³-hybridized carbons (Fsp3) is 0.583. The summed E-state index contributed by atoms with van der Waals surface area (Å²) in [5.41, 5.74) is 6.59. The number of furan rings is 1. The fourth-order valence-corrected chi connectivity index (χ4v) is 2.24. The normalized spacial score (nSPS) is 19.9. The second-order valence-electron chi connectivity index (χ2n) is 4.32. The van der Waals surface area contributed by atoms with Crippen LogP contribution in [0.2, 0.25) is 0 Å². The minimum atomic E-state index is -0.0161. The molecule has 2 heterocycles. The first kappa shape index (κ1) is 14.1. The van der Waals surface area contributed by atoms with Crippen LogP contribution in [0.1, 0.15) is 35.4 Å². The molecule has 0 spiro atoms. The molecule has 0 aromatic carbocycles. The van der Waals surface area contributed by atoms with Gasteiger partial charge in [0.05, 0.1) is 6.26 Å². The van der Waals surface area contributed by atoms with Crippen molar-refractivity contribution in [1.82, 2.24) is 4.90 Å². The molecule has 1 aliphatic rings. The number of hydrogen-bond acceptors (Lipinski definition) is 3. The number of amides is 1. The second kappa shape index (κ2) is 6.07. The maximum absolute atomic E-state index is 12.2. The van der Waals surface area contributed by atoms with Crippen LogP contribution < -0.4 is 5.73 Å². The summed E-state index contributed by atoms with van der Waals surface area (Å²) in [7, 11) is 0. The van der Waals surface area contributed by atoms with Crippen LogP contribution in [0, 0.1) is 6.92 Å². The summed E-state index contributed by atoms with van der Waals surface area (Å²) in [6.07, 6.45) is 4.77. The van der Waals surface area contributed by atoms with Gasteiger partial charge in [-0.2, -0.15) is 0 Å². The van der Waals surface area contributed by atoms with E-state index in [4.69, 9.17) is 10.2 Å². The van der Waals surface area contributed by atoms with E-state index in [1.165, 1.54) is 0 Å². The summed E-state index contributed by atoms with van der Waals surface area (Å²) in [5.74, 6) is 0.443. The van der Waals surface area contributed by atoms with Gasteiger partial charge in [0.25, 0.3) is 5.91 Å². The molecule has 0 bridgehead atoms. The second-order valence-corrected chi connectivity index (χ2v) is 4.32. The summed E-state index contributed by atoms with van der Waals surface area (Å²) in [6, 6.07) is 1.99. The van der Waals surface area contributed by atoms with E-state index in [9.17, 15) is 4.79 Å². The Hall–Kier alpha value is -1.00. The quantitative estimate of drug-likeness (QED) is 0.882. The molecular weight excluding hydrogens is 240 g/mol. The first-order valence-electron chi connectivity index (χ1n) is 5.79. The molecule has 0 saturated carbocycles. The highest BCUT2D eigenvalue weighted by molar-refractivity contribution is 5.93. The number of likely N-dealkylation sites (tertiary alicyclic amines) is 1. The van der Waals surface area contributed by atoms with Gasteiger partial charge in [-0.3, -0.25) is 4.79 Å². The zero-order valence-electron chi connectivity index (χ0n) is 10.0. The Balaban J connectivity index is 0.00000144. The summed E-state index contributed by atoms with van der Waals surface area (Å²) < 4.78 is 5.24. The van der Waals surface area contributed by atoms with Crippen molar-refractivity contribution in [3.05, 3.63) is 23.7 Å². The third-order valence-electron chi connectivity index (χ3n) is 3.22. The first-order valence-corrected chi connectivity index (χ1v) is 5.79. The Morgan fingerprint density at radius 1 is 1.59 bits per heavy atom. The molecule has 17 heavy (non-hydrogen) atoms. The van der Waals surface area contributed by atoms with Crippen molar-refractivity contribution in [1.29, 1.82) is 0 Å². The lowest BCUT2D eigenvalue weighted by molar-refractivity contribution is 0.0590. The van der Waals surface area contributed by atoms with Gasteiger partial charge in [-0.15, -0.1) is 12.4 Å². The molecule has 5 heteroatoms. The number of hydrogen-bond donors (Lipinski definition) is 1. The molecule has 2 N–H and O–H groups in total. The topological polar surface area (TPSA) is 59.5 Å². The van der Waals surface area contributed by atoms with Gasteiger partial charge in [0.1, 0.15) is 0 Å².